The average Bonchev–Trinajstić information content (AvgIpc) is 2.85. The van der Waals surface area contributed by atoms with Crippen molar-refractivity contribution in [3.8, 4) is 6.07 Å². The molecule has 7 nitrogen and oxygen atoms in total. The molecule has 0 unspecified atom stereocenters. The van der Waals surface area contributed by atoms with Crippen molar-refractivity contribution in [3.63, 3.8) is 0 Å². The zero-order chi connectivity index (χ0) is 22.2. The minimum Gasteiger partial charge on any atom is -0.463 e. The fourth-order valence-electron chi connectivity index (χ4n) is 4.91. The Balaban J connectivity index is 1.14. The van der Waals surface area contributed by atoms with Crippen molar-refractivity contribution in [2.24, 2.45) is 5.92 Å². The maximum Gasteiger partial charge on any atom is 0.234 e. The van der Waals surface area contributed by atoms with E-state index in [1.54, 1.807) is 12.5 Å². The quantitative estimate of drug-likeness (QED) is 0.655. The van der Waals surface area contributed by atoms with Crippen molar-refractivity contribution < 1.29 is 14.3 Å². The first-order chi connectivity index (χ1) is 15.7. The van der Waals surface area contributed by atoms with Gasteiger partial charge in [0, 0.05) is 32.2 Å². The highest BCUT2D eigenvalue weighted by molar-refractivity contribution is 5.78. The predicted molar refractivity (Wildman–Crippen MR) is 122 cm³/mol. The van der Waals surface area contributed by atoms with E-state index in [1.165, 1.54) is 12.0 Å². The number of rotatable bonds is 7. The van der Waals surface area contributed by atoms with Gasteiger partial charge >= 0.3 is 0 Å². The Kier molecular flexibility index (Phi) is 7.89. The van der Waals surface area contributed by atoms with Crippen LogP contribution in [0.25, 0.3) is 0 Å². The number of allylic oxidation sites excluding steroid dienone is 4. The number of amides is 1. The number of nitrogens with one attached hydrogen (secondary N) is 1. The van der Waals surface area contributed by atoms with E-state index in [1.807, 2.05) is 6.07 Å². The number of nitrogens with zero attached hydrogens (tertiary/aromatic N) is 3. The van der Waals surface area contributed by atoms with Gasteiger partial charge < -0.3 is 19.7 Å². The van der Waals surface area contributed by atoms with Crippen molar-refractivity contribution in [1.82, 2.24) is 15.1 Å². The zero-order valence-electron chi connectivity index (χ0n) is 18.8. The van der Waals surface area contributed by atoms with Gasteiger partial charge in [-0.05, 0) is 63.0 Å². The van der Waals surface area contributed by atoms with E-state index in [9.17, 15) is 4.79 Å². The lowest BCUT2D eigenvalue weighted by atomic mass is 9.84. The SMILES string of the molecule is N#CCC(=O)NC1CCC(CCN2CCN(C3=COC=C(C4=CC=CCC4)O3)CC2)CC1. The highest BCUT2D eigenvalue weighted by Crippen LogP contribution is 2.29. The van der Waals surface area contributed by atoms with Crippen molar-refractivity contribution in [2.75, 3.05) is 32.7 Å². The van der Waals surface area contributed by atoms with Gasteiger partial charge in [-0.25, -0.2) is 0 Å². The maximum absolute atomic E-state index is 11.6. The summed E-state index contributed by atoms with van der Waals surface area (Å²) in [5.74, 6) is 2.25. The number of carbonyl (C=O) groups excluding carboxylic acids is 1. The van der Waals surface area contributed by atoms with E-state index in [-0.39, 0.29) is 18.4 Å². The highest BCUT2D eigenvalue weighted by atomic mass is 16.6. The third-order valence-corrected chi connectivity index (χ3v) is 6.88. The summed E-state index contributed by atoms with van der Waals surface area (Å²) >= 11 is 0. The Hall–Kier alpha value is -2.72. The molecule has 4 rings (SSSR count). The topological polar surface area (TPSA) is 77.8 Å². The van der Waals surface area contributed by atoms with Crippen LogP contribution in [0.4, 0.5) is 0 Å². The van der Waals surface area contributed by atoms with Crippen LogP contribution in [0.1, 0.15) is 51.4 Å². The second-order valence-corrected chi connectivity index (χ2v) is 9.07. The zero-order valence-corrected chi connectivity index (χ0v) is 18.8. The first kappa shape index (κ1) is 22.5. The van der Waals surface area contributed by atoms with Crippen LogP contribution in [0.5, 0.6) is 0 Å². The highest BCUT2D eigenvalue weighted by Gasteiger charge is 2.26. The molecule has 0 bridgehead atoms. The van der Waals surface area contributed by atoms with Crippen LogP contribution < -0.4 is 5.32 Å². The molecule has 1 N–H and O–H groups in total. The lowest BCUT2D eigenvalue weighted by molar-refractivity contribution is -0.121. The van der Waals surface area contributed by atoms with Crippen LogP contribution in [-0.4, -0.2) is 54.5 Å². The summed E-state index contributed by atoms with van der Waals surface area (Å²) in [6, 6.07) is 2.17. The van der Waals surface area contributed by atoms with E-state index in [0.29, 0.717) is 0 Å². The number of carbonyl (C=O) groups is 1. The summed E-state index contributed by atoms with van der Waals surface area (Å²) in [5.41, 5.74) is 1.19. The van der Waals surface area contributed by atoms with Crippen molar-refractivity contribution >= 4 is 5.91 Å². The lowest BCUT2D eigenvalue weighted by Gasteiger charge is -2.38. The van der Waals surface area contributed by atoms with E-state index in [4.69, 9.17) is 14.7 Å². The van der Waals surface area contributed by atoms with Gasteiger partial charge in [-0.15, -0.1) is 0 Å². The molecule has 2 fully saturated rings. The van der Waals surface area contributed by atoms with Crippen LogP contribution in [0.3, 0.4) is 0 Å². The van der Waals surface area contributed by atoms with Gasteiger partial charge in [0.05, 0.1) is 6.07 Å². The summed E-state index contributed by atoms with van der Waals surface area (Å²) in [7, 11) is 0. The Morgan fingerprint density at radius 2 is 1.97 bits per heavy atom. The van der Waals surface area contributed by atoms with Gasteiger partial charge in [0.2, 0.25) is 11.8 Å². The molecule has 0 radical (unpaired) electrons. The molecule has 32 heavy (non-hydrogen) atoms. The first-order valence-electron chi connectivity index (χ1n) is 11.9. The van der Waals surface area contributed by atoms with E-state index in [2.05, 4.69) is 33.3 Å². The maximum atomic E-state index is 11.6. The summed E-state index contributed by atoms with van der Waals surface area (Å²) in [4.78, 5) is 16.4. The molecule has 0 spiro atoms. The molecule has 1 amide bonds. The van der Waals surface area contributed by atoms with Gasteiger partial charge in [0.1, 0.15) is 12.7 Å². The Morgan fingerprint density at radius 3 is 2.69 bits per heavy atom. The molecule has 2 aliphatic heterocycles. The van der Waals surface area contributed by atoms with Crippen molar-refractivity contribution in [3.05, 3.63) is 48.0 Å². The molecule has 0 atom stereocenters. The predicted octanol–water partition coefficient (Wildman–Crippen LogP) is 3.55. The van der Waals surface area contributed by atoms with Crippen LogP contribution in [0.2, 0.25) is 0 Å². The summed E-state index contributed by atoms with van der Waals surface area (Å²) in [6.45, 7) is 5.08. The number of hydrogen-bond donors (Lipinski definition) is 1. The fraction of sp³-hybridized carbons (Fsp3) is 0.600. The van der Waals surface area contributed by atoms with Gasteiger partial charge in [0.15, 0.2) is 12.0 Å². The molecule has 4 aliphatic rings. The third-order valence-electron chi connectivity index (χ3n) is 6.88. The molecule has 2 aliphatic carbocycles. The molecule has 1 saturated heterocycles. The molecule has 2 heterocycles. The molecule has 7 heteroatoms. The number of hydrogen-bond acceptors (Lipinski definition) is 6. The van der Waals surface area contributed by atoms with Gasteiger partial charge in [-0.3, -0.25) is 9.69 Å². The van der Waals surface area contributed by atoms with Crippen LogP contribution >= 0.6 is 0 Å². The third kappa shape index (κ3) is 6.17. The number of ether oxygens (including phenoxy) is 2. The minimum atomic E-state index is -0.133. The Labute approximate surface area is 191 Å². The second kappa shape index (κ2) is 11.2. The minimum absolute atomic E-state index is 0.0349. The molecular formula is C25H34N4O3. The molecule has 172 valence electrons. The van der Waals surface area contributed by atoms with Crippen molar-refractivity contribution in [1.29, 1.82) is 5.26 Å². The van der Waals surface area contributed by atoms with Crippen LogP contribution in [0.15, 0.2) is 48.0 Å². The van der Waals surface area contributed by atoms with Gasteiger partial charge in [-0.2, -0.15) is 5.26 Å². The largest absolute Gasteiger partial charge is 0.463 e. The van der Waals surface area contributed by atoms with Crippen molar-refractivity contribution in [2.45, 2.75) is 57.4 Å². The summed E-state index contributed by atoms with van der Waals surface area (Å²) in [5, 5.41) is 11.6. The Morgan fingerprint density at radius 1 is 1.16 bits per heavy atom. The lowest BCUT2D eigenvalue weighted by Crippen LogP contribution is -2.47. The second-order valence-electron chi connectivity index (χ2n) is 9.07. The molecule has 0 aromatic heterocycles. The standard InChI is InChI=1S/C25H34N4O3/c26-12-10-24(30)27-22-8-6-20(7-9-22)11-13-28-14-16-29(17-15-28)25-19-31-18-23(32-25)21-4-2-1-3-5-21/h1-2,4,18-20,22H,3,5-11,13-17H2,(H,27,30). The van der Waals surface area contributed by atoms with E-state index >= 15 is 0 Å². The smallest absolute Gasteiger partial charge is 0.234 e. The molecule has 1 saturated carbocycles. The van der Waals surface area contributed by atoms with Gasteiger partial charge in [-0.1, -0.05) is 18.2 Å². The number of piperazine rings is 1. The summed E-state index contributed by atoms with van der Waals surface area (Å²) < 4.78 is 11.8. The number of nitriles is 1. The average molecular weight is 439 g/mol. The molecule has 0 aromatic rings. The molecule has 0 aromatic carbocycles. The fourth-order valence-corrected chi connectivity index (χ4v) is 4.91. The van der Waals surface area contributed by atoms with Gasteiger partial charge in [0.25, 0.3) is 0 Å². The van der Waals surface area contributed by atoms with E-state index in [0.717, 1.165) is 88.8 Å². The van der Waals surface area contributed by atoms with E-state index < -0.39 is 0 Å². The Bertz CT molecular complexity index is 823. The van der Waals surface area contributed by atoms with Crippen LogP contribution in [0, 0.1) is 17.2 Å². The first-order valence-corrected chi connectivity index (χ1v) is 11.9. The summed E-state index contributed by atoms with van der Waals surface area (Å²) in [6.07, 6.45) is 17.4. The normalized spacial score (nSPS) is 26.1. The monoisotopic (exact) mass is 438 g/mol. The molecular weight excluding hydrogens is 404 g/mol. The van der Waals surface area contributed by atoms with Crippen LogP contribution in [-0.2, 0) is 14.3 Å².